The Labute approximate surface area is 159 Å². The van der Waals surface area contributed by atoms with Gasteiger partial charge in [-0.05, 0) is 49.6 Å². The zero-order valence-corrected chi connectivity index (χ0v) is 15.7. The molecule has 0 aliphatic carbocycles. The number of benzene rings is 2. The highest BCUT2D eigenvalue weighted by Crippen LogP contribution is 2.27. The Balaban J connectivity index is 2.45. The predicted molar refractivity (Wildman–Crippen MR) is 108 cm³/mol. The molecule has 0 saturated carbocycles. The third-order valence-electron chi connectivity index (χ3n) is 4.14. The van der Waals surface area contributed by atoms with Gasteiger partial charge in [0.2, 0.25) is 5.91 Å². The summed E-state index contributed by atoms with van der Waals surface area (Å²) in [7, 11) is 0. The molecule has 3 N–H and O–H groups in total. The van der Waals surface area contributed by atoms with Gasteiger partial charge in [-0.15, -0.1) is 0 Å². The molecule has 0 aliphatic heterocycles. The highest BCUT2D eigenvalue weighted by atomic mass is 19.1. The van der Waals surface area contributed by atoms with Crippen LogP contribution in [0.2, 0.25) is 0 Å². The summed E-state index contributed by atoms with van der Waals surface area (Å²) in [6.07, 6.45) is 2.59. The van der Waals surface area contributed by atoms with Crippen LogP contribution >= 0.6 is 0 Å². The second-order valence-corrected chi connectivity index (χ2v) is 6.46. The van der Waals surface area contributed by atoms with Crippen LogP contribution in [0.15, 0.2) is 53.5 Å². The molecule has 0 saturated heterocycles. The molecule has 2 aromatic rings. The summed E-state index contributed by atoms with van der Waals surface area (Å²) >= 11 is 0. The molecule has 0 unspecified atom stereocenters. The first-order chi connectivity index (χ1) is 12.9. The Bertz CT molecular complexity index is 838. The van der Waals surface area contributed by atoms with Gasteiger partial charge in [-0.3, -0.25) is 9.79 Å². The zero-order valence-electron chi connectivity index (χ0n) is 15.7. The molecule has 0 bridgehead atoms. The number of carbonyl (C=O) groups excluding carboxylic acids is 1. The standard InChI is InChI=1S/C22H25FN2O2/c1-3-4-16-6-8-18(9-7-16)22(27)21(17-10-12-19(23)13-11-17)25-15(2)5-14-20(24)26/h6-13,27H,3-5,14H2,1-2H3,(H2,24,26)/b22-21-,25-15?. The van der Waals surface area contributed by atoms with Gasteiger partial charge in [0, 0.05) is 23.3 Å². The van der Waals surface area contributed by atoms with Gasteiger partial charge in [0.05, 0.1) is 0 Å². The van der Waals surface area contributed by atoms with E-state index in [0.29, 0.717) is 29.0 Å². The summed E-state index contributed by atoms with van der Waals surface area (Å²) in [6, 6.07) is 13.4. The fourth-order valence-corrected chi connectivity index (χ4v) is 2.67. The number of carbonyl (C=O) groups is 1. The minimum Gasteiger partial charge on any atom is -0.505 e. The lowest BCUT2D eigenvalue weighted by Gasteiger charge is -2.10. The second-order valence-electron chi connectivity index (χ2n) is 6.46. The Morgan fingerprint density at radius 2 is 1.63 bits per heavy atom. The fourth-order valence-electron chi connectivity index (χ4n) is 2.67. The number of halogens is 1. The highest BCUT2D eigenvalue weighted by Gasteiger charge is 2.12. The topological polar surface area (TPSA) is 75.7 Å². The number of aliphatic imine (C=N–C) groups is 1. The SMILES string of the molecule is CCCc1ccc(/C(O)=C(/N=C(C)CCC(N)=O)c2ccc(F)cc2)cc1. The average molecular weight is 368 g/mol. The van der Waals surface area contributed by atoms with Crippen LogP contribution in [0.5, 0.6) is 0 Å². The lowest BCUT2D eigenvalue weighted by Crippen LogP contribution is -2.11. The molecule has 4 nitrogen and oxygen atoms in total. The molecule has 142 valence electrons. The van der Waals surface area contributed by atoms with Gasteiger partial charge in [0.1, 0.15) is 17.3 Å². The average Bonchev–Trinajstić information content (AvgIpc) is 2.65. The first-order valence-corrected chi connectivity index (χ1v) is 9.01. The van der Waals surface area contributed by atoms with Crippen LogP contribution in [0.3, 0.4) is 0 Å². The number of hydrogen-bond donors (Lipinski definition) is 2. The molecule has 0 atom stereocenters. The van der Waals surface area contributed by atoms with Crippen molar-refractivity contribution in [1.29, 1.82) is 0 Å². The Morgan fingerprint density at radius 3 is 2.19 bits per heavy atom. The van der Waals surface area contributed by atoms with Crippen LogP contribution < -0.4 is 5.73 Å². The molecule has 2 rings (SSSR count). The Kier molecular flexibility index (Phi) is 7.29. The first-order valence-electron chi connectivity index (χ1n) is 9.01. The van der Waals surface area contributed by atoms with E-state index in [1.807, 2.05) is 24.3 Å². The van der Waals surface area contributed by atoms with Crippen LogP contribution in [0.4, 0.5) is 4.39 Å². The van der Waals surface area contributed by atoms with Crippen molar-refractivity contribution in [1.82, 2.24) is 0 Å². The van der Waals surface area contributed by atoms with E-state index in [0.717, 1.165) is 12.8 Å². The molecule has 0 fully saturated rings. The zero-order chi connectivity index (χ0) is 19.8. The number of aryl methyl sites for hydroxylation is 1. The van der Waals surface area contributed by atoms with Crippen LogP contribution in [-0.4, -0.2) is 16.7 Å². The molecule has 2 aromatic carbocycles. The fraction of sp³-hybridized carbons (Fsp3) is 0.273. The van der Waals surface area contributed by atoms with Gasteiger partial charge in [-0.25, -0.2) is 4.39 Å². The number of primary amides is 1. The normalized spacial score (nSPS) is 12.6. The number of amides is 1. The van der Waals surface area contributed by atoms with Gasteiger partial charge < -0.3 is 10.8 Å². The number of nitrogens with zero attached hydrogens (tertiary/aromatic N) is 1. The van der Waals surface area contributed by atoms with Crippen LogP contribution in [0.1, 0.15) is 49.8 Å². The number of nitrogens with two attached hydrogens (primary N) is 1. The van der Waals surface area contributed by atoms with Crippen molar-refractivity contribution in [2.45, 2.75) is 39.5 Å². The molecule has 5 heteroatoms. The third-order valence-corrected chi connectivity index (χ3v) is 4.14. The van der Waals surface area contributed by atoms with Gasteiger partial charge in [-0.2, -0.15) is 0 Å². The smallest absolute Gasteiger partial charge is 0.217 e. The van der Waals surface area contributed by atoms with Crippen LogP contribution in [0.25, 0.3) is 11.5 Å². The molecular weight excluding hydrogens is 343 g/mol. The second kappa shape index (κ2) is 9.67. The Hall–Kier alpha value is -2.95. The first kappa shape index (κ1) is 20.4. The van der Waals surface area contributed by atoms with E-state index in [9.17, 15) is 14.3 Å². The van der Waals surface area contributed by atoms with E-state index in [-0.39, 0.29) is 18.0 Å². The maximum atomic E-state index is 13.3. The number of hydrogen-bond acceptors (Lipinski definition) is 3. The molecular formula is C22H25FN2O2. The van der Waals surface area contributed by atoms with Crippen molar-refractivity contribution in [3.8, 4) is 0 Å². The summed E-state index contributed by atoms with van der Waals surface area (Å²) in [5.41, 5.74) is 8.59. The maximum Gasteiger partial charge on any atom is 0.217 e. The van der Waals surface area contributed by atoms with Gasteiger partial charge in [0.15, 0.2) is 0 Å². The van der Waals surface area contributed by atoms with Crippen molar-refractivity contribution in [2.75, 3.05) is 0 Å². The van der Waals surface area contributed by atoms with Gasteiger partial charge in [-0.1, -0.05) is 37.6 Å². The van der Waals surface area contributed by atoms with Crippen molar-refractivity contribution in [3.63, 3.8) is 0 Å². The van der Waals surface area contributed by atoms with Crippen molar-refractivity contribution in [3.05, 3.63) is 71.0 Å². The van der Waals surface area contributed by atoms with Crippen molar-refractivity contribution < 1.29 is 14.3 Å². The summed E-state index contributed by atoms with van der Waals surface area (Å²) < 4.78 is 13.3. The predicted octanol–water partition coefficient (Wildman–Crippen LogP) is 4.89. The highest BCUT2D eigenvalue weighted by molar-refractivity contribution is 5.95. The largest absolute Gasteiger partial charge is 0.505 e. The number of aliphatic hydroxyl groups is 1. The van der Waals surface area contributed by atoms with E-state index >= 15 is 0 Å². The lowest BCUT2D eigenvalue weighted by atomic mass is 10.0. The maximum absolute atomic E-state index is 13.3. The number of rotatable bonds is 8. The third kappa shape index (κ3) is 6.06. The summed E-state index contributed by atoms with van der Waals surface area (Å²) in [4.78, 5) is 15.5. The lowest BCUT2D eigenvalue weighted by molar-refractivity contribution is -0.117. The summed E-state index contributed by atoms with van der Waals surface area (Å²) in [5.74, 6) is -0.772. The molecule has 27 heavy (non-hydrogen) atoms. The van der Waals surface area contributed by atoms with E-state index in [4.69, 9.17) is 5.73 Å². The molecule has 0 spiro atoms. The summed E-state index contributed by atoms with van der Waals surface area (Å²) in [6.45, 7) is 3.88. The van der Waals surface area contributed by atoms with Crippen LogP contribution in [-0.2, 0) is 11.2 Å². The van der Waals surface area contributed by atoms with Gasteiger partial charge in [0.25, 0.3) is 0 Å². The molecule has 0 aromatic heterocycles. The Morgan fingerprint density at radius 1 is 1.04 bits per heavy atom. The van der Waals surface area contributed by atoms with E-state index < -0.39 is 5.91 Å². The summed E-state index contributed by atoms with van der Waals surface area (Å²) in [5, 5.41) is 10.8. The van der Waals surface area contributed by atoms with E-state index in [1.165, 1.54) is 17.7 Å². The van der Waals surface area contributed by atoms with Gasteiger partial charge >= 0.3 is 0 Å². The monoisotopic (exact) mass is 368 g/mol. The molecule has 0 radical (unpaired) electrons. The molecule has 0 heterocycles. The quantitative estimate of drug-likeness (QED) is 0.395. The van der Waals surface area contributed by atoms with E-state index in [2.05, 4.69) is 11.9 Å². The number of aliphatic hydroxyl groups excluding tert-OH is 1. The minimum absolute atomic E-state index is 0.00285. The molecule has 0 aliphatic rings. The van der Waals surface area contributed by atoms with E-state index in [1.54, 1.807) is 19.1 Å². The van der Waals surface area contributed by atoms with Crippen molar-refractivity contribution in [2.24, 2.45) is 10.7 Å². The van der Waals surface area contributed by atoms with Crippen LogP contribution in [0, 0.1) is 5.82 Å². The van der Waals surface area contributed by atoms with Crippen molar-refractivity contribution >= 4 is 23.1 Å². The minimum atomic E-state index is -0.410. The molecule has 1 amide bonds.